The van der Waals surface area contributed by atoms with E-state index in [9.17, 15) is 4.39 Å². The van der Waals surface area contributed by atoms with Crippen LogP contribution in [0.3, 0.4) is 0 Å². The van der Waals surface area contributed by atoms with Crippen LogP contribution in [0.2, 0.25) is 0 Å². The van der Waals surface area contributed by atoms with Crippen molar-refractivity contribution in [1.29, 1.82) is 0 Å². The minimum Gasteiger partial charge on any atom is -0.396 e. The average Bonchev–Trinajstić information content (AvgIpc) is 3.08. The highest BCUT2D eigenvalue weighted by molar-refractivity contribution is 6.36. The minimum atomic E-state index is -0.410. The first-order chi connectivity index (χ1) is 11.6. The number of nitrogens with two attached hydrogens (primary N) is 1. The summed E-state index contributed by atoms with van der Waals surface area (Å²) < 4.78 is 14.7. The third-order valence-electron chi connectivity index (χ3n) is 4.31. The lowest BCUT2D eigenvalue weighted by Crippen LogP contribution is -2.33. The number of nitrogens with one attached hydrogen (secondary N) is 1. The van der Waals surface area contributed by atoms with E-state index in [1.807, 2.05) is 24.0 Å². The van der Waals surface area contributed by atoms with Crippen LogP contribution < -0.4 is 16.0 Å². The van der Waals surface area contributed by atoms with Crippen LogP contribution in [-0.2, 0) is 0 Å². The Morgan fingerprint density at radius 3 is 2.96 bits per heavy atom. The Bertz CT molecular complexity index is 902. The van der Waals surface area contributed by atoms with Crippen molar-refractivity contribution < 1.29 is 4.39 Å². The molecular weight excluding hydrogens is 307 g/mol. The van der Waals surface area contributed by atoms with Gasteiger partial charge in [0.2, 0.25) is 5.95 Å². The summed E-state index contributed by atoms with van der Waals surface area (Å²) >= 11 is 0. The second-order valence-corrected chi connectivity index (χ2v) is 5.80. The van der Waals surface area contributed by atoms with Gasteiger partial charge in [-0.05, 0) is 24.6 Å². The number of fused-ring (bicyclic) bond motifs is 3. The molecule has 1 aromatic carbocycles. The van der Waals surface area contributed by atoms with E-state index >= 15 is 0 Å². The summed E-state index contributed by atoms with van der Waals surface area (Å²) in [6.07, 6.45) is 3.63. The molecule has 0 amide bonds. The molecule has 0 unspecified atom stereocenters. The molecule has 2 aliphatic heterocycles. The normalized spacial score (nSPS) is 15.5. The van der Waals surface area contributed by atoms with Crippen molar-refractivity contribution in [2.75, 3.05) is 36.1 Å². The molecule has 2 aromatic rings. The second kappa shape index (κ2) is 5.30. The summed E-state index contributed by atoms with van der Waals surface area (Å²) in [6.45, 7) is 3.23. The first-order valence-electron chi connectivity index (χ1n) is 7.74. The van der Waals surface area contributed by atoms with E-state index in [2.05, 4.69) is 20.3 Å². The van der Waals surface area contributed by atoms with Crippen molar-refractivity contribution in [1.82, 2.24) is 9.97 Å². The molecule has 4 rings (SSSR count). The van der Waals surface area contributed by atoms with Crippen LogP contribution in [0.4, 0.5) is 21.8 Å². The smallest absolute Gasteiger partial charge is 0.224 e. The third kappa shape index (κ3) is 2.05. The number of anilines is 3. The van der Waals surface area contributed by atoms with Crippen LogP contribution in [0.1, 0.15) is 16.7 Å². The van der Waals surface area contributed by atoms with Gasteiger partial charge in [-0.3, -0.25) is 4.99 Å². The van der Waals surface area contributed by atoms with Crippen molar-refractivity contribution >= 4 is 34.9 Å². The largest absolute Gasteiger partial charge is 0.396 e. The zero-order valence-electron chi connectivity index (χ0n) is 13.5. The highest BCUT2D eigenvalue weighted by Gasteiger charge is 2.32. The number of aryl methyl sites for hydroxylation is 1. The number of rotatable bonds is 2. The molecule has 2 aliphatic rings. The van der Waals surface area contributed by atoms with Crippen LogP contribution in [0.25, 0.3) is 11.6 Å². The standard InChI is InChI=1S/C17H17FN6/c1-9-3-4-12(19)14(18)13(9)11-7-10-8-22-17(20-2)23-15(10)24-6-5-21-16(11)24/h3-4,7-8H,5-6,19H2,1-2H3,(H,20,22,23). The Balaban J connectivity index is 1.96. The maximum Gasteiger partial charge on any atom is 0.224 e. The van der Waals surface area contributed by atoms with Crippen LogP contribution in [-0.4, -0.2) is 35.9 Å². The predicted molar refractivity (Wildman–Crippen MR) is 94.6 cm³/mol. The number of amidine groups is 1. The van der Waals surface area contributed by atoms with Gasteiger partial charge in [-0.15, -0.1) is 0 Å². The van der Waals surface area contributed by atoms with Gasteiger partial charge < -0.3 is 16.0 Å². The van der Waals surface area contributed by atoms with Gasteiger partial charge in [0.1, 0.15) is 11.7 Å². The molecule has 1 aromatic heterocycles. The predicted octanol–water partition coefficient (Wildman–Crippen LogP) is 2.32. The molecule has 0 saturated carbocycles. The van der Waals surface area contributed by atoms with Crippen molar-refractivity contribution in [3.8, 4) is 0 Å². The SMILES string of the molecule is CNc1ncc2c(n1)N1CCN=C1C(c1c(C)ccc(N)c1F)=C2. The molecule has 0 fully saturated rings. The minimum absolute atomic E-state index is 0.134. The molecule has 3 heterocycles. The van der Waals surface area contributed by atoms with Gasteiger partial charge >= 0.3 is 0 Å². The molecule has 122 valence electrons. The van der Waals surface area contributed by atoms with Crippen molar-refractivity contribution in [2.24, 2.45) is 4.99 Å². The molecule has 0 spiro atoms. The third-order valence-corrected chi connectivity index (χ3v) is 4.31. The maximum absolute atomic E-state index is 14.7. The molecule has 6 nitrogen and oxygen atoms in total. The zero-order valence-corrected chi connectivity index (χ0v) is 13.5. The Labute approximate surface area is 138 Å². The van der Waals surface area contributed by atoms with Crippen LogP contribution in [0, 0.1) is 12.7 Å². The Morgan fingerprint density at radius 1 is 1.33 bits per heavy atom. The number of hydrogen-bond acceptors (Lipinski definition) is 6. The number of aliphatic imine (C=N–C) groups is 1. The Kier molecular flexibility index (Phi) is 3.23. The van der Waals surface area contributed by atoms with Crippen LogP contribution >= 0.6 is 0 Å². The zero-order chi connectivity index (χ0) is 16.8. The summed E-state index contributed by atoms with van der Waals surface area (Å²) in [4.78, 5) is 15.4. The molecule has 0 saturated heterocycles. The monoisotopic (exact) mass is 324 g/mol. The number of nitrogen functional groups attached to an aromatic ring is 1. The molecule has 24 heavy (non-hydrogen) atoms. The second-order valence-electron chi connectivity index (χ2n) is 5.80. The number of halogens is 1. The lowest BCUT2D eigenvalue weighted by molar-refractivity contribution is 0.628. The van der Waals surface area contributed by atoms with Gasteiger partial charge in [-0.2, -0.15) is 4.98 Å². The van der Waals surface area contributed by atoms with Gasteiger partial charge in [-0.1, -0.05) is 6.07 Å². The number of nitrogens with zero attached hydrogens (tertiary/aromatic N) is 4. The van der Waals surface area contributed by atoms with E-state index in [1.54, 1.807) is 19.3 Å². The molecule has 0 bridgehead atoms. The highest BCUT2D eigenvalue weighted by atomic mass is 19.1. The van der Waals surface area contributed by atoms with Gasteiger partial charge in [-0.25, -0.2) is 9.37 Å². The molecule has 3 N–H and O–H groups in total. The number of hydrogen-bond donors (Lipinski definition) is 2. The van der Waals surface area contributed by atoms with E-state index in [4.69, 9.17) is 5.73 Å². The first-order valence-corrected chi connectivity index (χ1v) is 7.74. The van der Waals surface area contributed by atoms with Crippen molar-refractivity contribution in [2.45, 2.75) is 6.92 Å². The van der Waals surface area contributed by atoms with Gasteiger partial charge in [0.25, 0.3) is 0 Å². The summed E-state index contributed by atoms with van der Waals surface area (Å²) in [7, 11) is 1.77. The lowest BCUT2D eigenvalue weighted by Gasteiger charge is -2.28. The van der Waals surface area contributed by atoms with Crippen molar-refractivity contribution in [3.63, 3.8) is 0 Å². The molecule has 0 aliphatic carbocycles. The lowest BCUT2D eigenvalue weighted by atomic mass is 9.94. The maximum atomic E-state index is 14.7. The summed E-state index contributed by atoms with van der Waals surface area (Å²) in [5.41, 5.74) is 8.78. The van der Waals surface area contributed by atoms with Crippen LogP contribution in [0.5, 0.6) is 0 Å². The highest BCUT2D eigenvalue weighted by Crippen LogP contribution is 2.37. The van der Waals surface area contributed by atoms with Crippen molar-refractivity contribution in [3.05, 3.63) is 40.8 Å². The van der Waals surface area contributed by atoms with Gasteiger partial charge in [0.15, 0.2) is 5.82 Å². The first kappa shape index (κ1) is 14.6. The fourth-order valence-electron chi connectivity index (χ4n) is 3.13. The summed E-state index contributed by atoms with van der Waals surface area (Å²) in [5, 5.41) is 2.94. The van der Waals surface area contributed by atoms with E-state index in [0.717, 1.165) is 28.4 Å². The molecule has 7 heteroatoms. The van der Waals surface area contributed by atoms with E-state index in [0.29, 0.717) is 24.6 Å². The Hall–Kier alpha value is -2.96. The fraction of sp³-hybridized carbons (Fsp3) is 0.235. The van der Waals surface area contributed by atoms with E-state index < -0.39 is 5.82 Å². The quantitative estimate of drug-likeness (QED) is 0.829. The van der Waals surface area contributed by atoms with E-state index in [-0.39, 0.29) is 5.69 Å². The molecule has 0 radical (unpaired) electrons. The number of benzene rings is 1. The summed E-state index contributed by atoms with van der Waals surface area (Å²) in [6, 6.07) is 3.41. The Morgan fingerprint density at radius 2 is 2.17 bits per heavy atom. The average molecular weight is 324 g/mol. The topological polar surface area (TPSA) is 79.4 Å². The summed E-state index contributed by atoms with van der Waals surface area (Å²) in [5.74, 6) is 1.65. The molecular formula is C17H17FN6. The van der Waals surface area contributed by atoms with Gasteiger partial charge in [0, 0.05) is 36.5 Å². The fourth-order valence-corrected chi connectivity index (χ4v) is 3.13. The van der Waals surface area contributed by atoms with E-state index in [1.165, 1.54) is 0 Å². The van der Waals surface area contributed by atoms with Crippen LogP contribution in [0.15, 0.2) is 23.3 Å². The molecule has 0 atom stereocenters. The van der Waals surface area contributed by atoms with Gasteiger partial charge in [0.05, 0.1) is 12.2 Å². The number of aromatic nitrogens is 2.